The zero-order chi connectivity index (χ0) is 11.5. The van der Waals surface area contributed by atoms with Gasteiger partial charge in [0.05, 0.1) is 18.1 Å². The Hall–Kier alpha value is -1.72. The minimum absolute atomic E-state index is 0.231. The van der Waals surface area contributed by atoms with E-state index in [1.165, 1.54) is 0 Å². The molecule has 0 saturated heterocycles. The van der Waals surface area contributed by atoms with E-state index in [0.29, 0.717) is 12.4 Å². The molecule has 2 aromatic heterocycles. The van der Waals surface area contributed by atoms with Crippen LogP contribution in [-0.2, 0) is 0 Å². The Labute approximate surface area is 93.4 Å². The molecule has 2 rings (SSSR count). The molecule has 1 unspecified atom stereocenters. The summed E-state index contributed by atoms with van der Waals surface area (Å²) in [5.74, 6) is 0.547. The molecule has 84 valence electrons. The molecule has 2 aromatic rings. The minimum Gasteiger partial charge on any atom is -0.481 e. The van der Waals surface area contributed by atoms with Gasteiger partial charge >= 0.3 is 0 Å². The monoisotopic (exact) mass is 218 g/mol. The third kappa shape index (κ3) is 1.82. The molecule has 0 radical (unpaired) electrons. The Kier molecular flexibility index (Phi) is 2.98. The lowest BCUT2D eigenvalue weighted by atomic mass is 10.1. The molecule has 5 heteroatoms. The minimum atomic E-state index is -0.231. The standard InChI is InChI=1S/C11H14N4O/c1-16-10-3-2-9-11(15-10)7(4-5-14-9)8(13)6-12/h2-5,8H,6,12-13H2,1H3. The number of ether oxygens (including phenoxy) is 1. The highest BCUT2D eigenvalue weighted by Gasteiger charge is 2.10. The van der Waals surface area contributed by atoms with Crippen molar-refractivity contribution >= 4 is 11.0 Å². The average molecular weight is 218 g/mol. The number of fused-ring (bicyclic) bond motifs is 1. The Morgan fingerprint density at radius 2 is 2.19 bits per heavy atom. The van der Waals surface area contributed by atoms with E-state index < -0.39 is 0 Å². The summed E-state index contributed by atoms with van der Waals surface area (Å²) in [6, 6.07) is 5.23. The van der Waals surface area contributed by atoms with Gasteiger partial charge < -0.3 is 16.2 Å². The maximum Gasteiger partial charge on any atom is 0.213 e. The molecule has 16 heavy (non-hydrogen) atoms. The van der Waals surface area contributed by atoms with E-state index in [9.17, 15) is 0 Å². The van der Waals surface area contributed by atoms with Crippen LogP contribution in [0.1, 0.15) is 11.6 Å². The van der Waals surface area contributed by atoms with Crippen molar-refractivity contribution in [2.75, 3.05) is 13.7 Å². The predicted molar refractivity (Wildman–Crippen MR) is 62.1 cm³/mol. The Morgan fingerprint density at radius 3 is 2.88 bits per heavy atom. The van der Waals surface area contributed by atoms with E-state index >= 15 is 0 Å². The summed E-state index contributed by atoms with van der Waals surface area (Å²) in [6.07, 6.45) is 1.71. The summed E-state index contributed by atoms with van der Waals surface area (Å²) < 4.78 is 5.08. The average Bonchev–Trinajstić information content (AvgIpc) is 2.36. The number of pyridine rings is 2. The summed E-state index contributed by atoms with van der Waals surface area (Å²) in [5.41, 5.74) is 13.9. The van der Waals surface area contributed by atoms with E-state index in [1.807, 2.05) is 12.1 Å². The second-order valence-electron chi connectivity index (χ2n) is 3.46. The quantitative estimate of drug-likeness (QED) is 0.787. The summed E-state index contributed by atoms with van der Waals surface area (Å²) >= 11 is 0. The maximum atomic E-state index is 5.92. The van der Waals surface area contributed by atoms with E-state index in [1.54, 1.807) is 19.4 Å². The molecule has 4 N–H and O–H groups in total. The lowest BCUT2D eigenvalue weighted by Gasteiger charge is -2.11. The van der Waals surface area contributed by atoms with Gasteiger partial charge in [0, 0.05) is 24.8 Å². The Bertz CT molecular complexity index is 500. The lowest BCUT2D eigenvalue weighted by molar-refractivity contribution is 0.399. The van der Waals surface area contributed by atoms with Crippen molar-refractivity contribution in [2.24, 2.45) is 11.5 Å². The van der Waals surface area contributed by atoms with Crippen molar-refractivity contribution in [3.8, 4) is 5.88 Å². The number of nitrogens with zero attached hydrogens (tertiary/aromatic N) is 2. The molecule has 0 bridgehead atoms. The fourth-order valence-corrected chi connectivity index (χ4v) is 1.57. The zero-order valence-electron chi connectivity index (χ0n) is 9.05. The van der Waals surface area contributed by atoms with Crippen LogP contribution in [-0.4, -0.2) is 23.6 Å². The Morgan fingerprint density at radius 1 is 1.38 bits per heavy atom. The number of methoxy groups -OCH3 is 1. The molecule has 0 spiro atoms. The van der Waals surface area contributed by atoms with Crippen LogP contribution in [0.15, 0.2) is 24.4 Å². The van der Waals surface area contributed by atoms with Crippen LogP contribution in [0.5, 0.6) is 5.88 Å². The van der Waals surface area contributed by atoms with E-state index in [4.69, 9.17) is 16.2 Å². The fraction of sp³-hybridized carbons (Fsp3) is 0.273. The summed E-state index contributed by atoms with van der Waals surface area (Å²) in [5, 5.41) is 0. The molecule has 2 heterocycles. The first-order chi connectivity index (χ1) is 7.76. The molecular formula is C11H14N4O. The fourth-order valence-electron chi connectivity index (χ4n) is 1.57. The topological polar surface area (TPSA) is 87.0 Å². The van der Waals surface area contributed by atoms with Crippen LogP contribution in [0.4, 0.5) is 0 Å². The Balaban J connectivity index is 2.64. The van der Waals surface area contributed by atoms with Crippen LogP contribution in [0.3, 0.4) is 0 Å². The maximum absolute atomic E-state index is 5.92. The van der Waals surface area contributed by atoms with Gasteiger partial charge in [-0.3, -0.25) is 4.98 Å². The highest BCUT2D eigenvalue weighted by molar-refractivity contribution is 5.78. The van der Waals surface area contributed by atoms with Crippen molar-refractivity contribution in [3.05, 3.63) is 30.0 Å². The van der Waals surface area contributed by atoms with Gasteiger partial charge in [-0.1, -0.05) is 0 Å². The second-order valence-corrected chi connectivity index (χ2v) is 3.46. The summed E-state index contributed by atoms with van der Waals surface area (Å²) in [7, 11) is 1.58. The highest BCUT2D eigenvalue weighted by Crippen LogP contribution is 2.21. The van der Waals surface area contributed by atoms with Crippen molar-refractivity contribution < 1.29 is 4.74 Å². The first-order valence-corrected chi connectivity index (χ1v) is 5.01. The van der Waals surface area contributed by atoms with E-state index in [0.717, 1.165) is 16.6 Å². The van der Waals surface area contributed by atoms with Gasteiger partial charge in [0.15, 0.2) is 0 Å². The van der Waals surface area contributed by atoms with Crippen molar-refractivity contribution in [1.29, 1.82) is 0 Å². The number of hydrogen-bond acceptors (Lipinski definition) is 5. The molecule has 5 nitrogen and oxygen atoms in total. The van der Waals surface area contributed by atoms with Gasteiger partial charge in [0.2, 0.25) is 5.88 Å². The van der Waals surface area contributed by atoms with Crippen molar-refractivity contribution in [3.63, 3.8) is 0 Å². The molecule has 0 amide bonds. The smallest absolute Gasteiger partial charge is 0.213 e. The van der Waals surface area contributed by atoms with Crippen LogP contribution in [0.2, 0.25) is 0 Å². The van der Waals surface area contributed by atoms with Crippen molar-refractivity contribution in [2.45, 2.75) is 6.04 Å². The van der Waals surface area contributed by atoms with Crippen LogP contribution < -0.4 is 16.2 Å². The normalized spacial score (nSPS) is 12.7. The molecular weight excluding hydrogens is 204 g/mol. The van der Waals surface area contributed by atoms with Gasteiger partial charge in [-0.2, -0.15) is 0 Å². The number of hydrogen-bond donors (Lipinski definition) is 2. The van der Waals surface area contributed by atoms with Crippen LogP contribution >= 0.6 is 0 Å². The van der Waals surface area contributed by atoms with Gasteiger partial charge in [-0.15, -0.1) is 0 Å². The molecule has 0 aliphatic carbocycles. The van der Waals surface area contributed by atoms with Crippen molar-refractivity contribution in [1.82, 2.24) is 9.97 Å². The van der Waals surface area contributed by atoms with Gasteiger partial charge in [0.25, 0.3) is 0 Å². The van der Waals surface area contributed by atoms with Gasteiger partial charge in [-0.25, -0.2) is 4.98 Å². The SMILES string of the molecule is COc1ccc2nccc(C(N)CN)c2n1. The zero-order valence-corrected chi connectivity index (χ0v) is 9.05. The van der Waals surface area contributed by atoms with Crippen LogP contribution in [0.25, 0.3) is 11.0 Å². The molecule has 0 fully saturated rings. The molecule has 0 aliphatic heterocycles. The first kappa shape index (κ1) is 10.8. The molecule has 1 atom stereocenters. The van der Waals surface area contributed by atoms with Crippen LogP contribution in [0, 0.1) is 0 Å². The largest absolute Gasteiger partial charge is 0.481 e. The number of aromatic nitrogens is 2. The molecule has 0 aromatic carbocycles. The lowest BCUT2D eigenvalue weighted by Crippen LogP contribution is -2.21. The first-order valence-electron chi connectivity index (χ1n) is 5.01. The number of nitrogens with two attached hydrogens (primary N) is 2. The second kappa shape index (κ2) is 4.42. The molecule has 0 saturated carbocycles. The molecule has 0 aliphatic rings. The number of rotatable bonds is 3. The highest BCUT2D eigenvalue weighted by atomic mass is 16.5. The van der Waals surface area contributed by atoms with Gasteiger partial charge in [-0.05, 0) is 17.7 Å². The summed E-state index contributed by atoms with van der Waals surface area (Å²) in [4.78, 5) is 8.56. The van der Waals surface area contributed by atoms with Gasteiger partial charge in [0.1, 0.15) is 0 Å². The predicted octanol–water partition coefficient (Wildman–Crippen LogP) is 0.597. The third-order valence-electron chi connectivity index (χ3n) is 2.45. The van der Waals surface area contributed by atoms with E-state index in [2.05, 4.69) is 9.97 Å². The third-order valence-corrected chi connectivity index (χ3v) is 2.45. The summed E-state index contributed by atoms with van der Waals surface area (Å²) in [6.45, 7) is 0.373. The van der Waals surface area contributed by atoms with E-state index in [-0.39, 0.29) is 6.04 Å².